The Morgan fingerprint density at radius 1 is 0.471 bits per heavy atom. The second-order valence-electron chi connectivity index (χ2n) is 18.7. The van der Waals surface area contributed by atoms with Crippen molar-refractivity contribution < 1.29 is 73.8 Å². The SMILES string of the molecule is CCCCCCCCCC/C=C/CCCCCC(=O)OC[C@H](CO[C@H]1O[C@@H](CO[C@H]2O[C@@H](CO)[C@@H](O)C(O)C2O)[C@@H](O)C(O)C1O)OC(=O)CCC/C=C/C/C=C/CCCCCCCCCCC. The first-order valence-electron chi connectivity index (χ1n) is 26.6. The van der Waals surface area contributed by atoms with E-state index in [0.29, 0.717) is 19.3 Å². The number of rotatable bonds is 41. The molecule has 4 unspecified atom stereocenters. The number of hydrogen-bond donors (Lipinski definition) is 7. The number of ether oxygens (including phenoxy) is 6. The van der Waals surface area contributed by atoms with Gasteiger partial charge < -0.3 is 64.2 Å². The zero-order valence-corrected chi connectivity index (χ0v) is 41.8. The van der Waals surface area contributed by atoms with Crippen LogP contribution in [0.5, 0.6) is 0 Å². The van der Waals surface area contributed by atoms with Crippen molar-refractivity contribution in [3.63, 3.8) is 0 Å². The van der Waals surface area contributed by atoms with Crippen LogP contribution in [0.3, 0.4) is 0 Å². The van der Waals surface area contributed by atoms with Gasteiger partial charge in [0.2, 0.25) is 0 Å². The Hall–Kier alpha value is -2.28. The number of hydrogen-bond acceptors (Lipinski definition) is 15. The van der Waals surface area contributed by atoms with E-state index >= 15 is 0 Å². The summed E-state index contributed by atoms with van der Waals surface area (Å²) in [6.45, 7) is 2.54. The van der Waals surface area contributed by atoms with Crippen LogP contribution in [-0.4, -0.2) is 142 Å². The largest absolute Gasteiger partial charge is 0.462 e. The maximum Gasteiger partial charge on any atom is 0.306 e. The topological polar surface area (TPSA) is 231 Å². The number of carbonyl (C=O) groups is 2. The van der Waals surface area contributed by atoms with Gasteiger partial charge in [0, 0.05) is 12.8 Å². The molecule has 2 rings (SSSR count). The normalized spacial score (nSPS) is 26.0. The molecule has 0 spiro atoms. The minimum atomic E-state index is -1.77. The fourth-order valence-electron chi connectivity index (χ4n) is 8.19. The summed E-state index contributed by atoms with van der Waals surface area (Å²) in [6.07, 6.45) is 26.1. The maximum atomic E-state index is 13.0. The first kappa shape index (κ1) is 61.8. The van der Waals surface area contributed by atoms with E-state index in [2.05, 4.69) is 44.2 Å². The molecule has 0 aromatic heterocycles. The van der Waals surface area contributed by atoms with Gasteiger partial charge >= 0.3 is 11.9 Å². The molecule has 0 saturated carbocycles. The van der Waals surface area contributed by atoms with Crippen LogP contribution in [0.1, 0.15) is 194 Å². The molecular formula is C53H94O15. The van der Waals surface area contributed by atoms with Crippen LogP contribution >= 0.6 is 0 Å². The fraction of sp³-hybridized carbons (Fsp3) is 0.849. The smallest absolute Gasteiger partial charge is 0.306 e. The standard InChI is InChI=1S/C53H94O15/c1-3-5-7-9-11-13-15-17-19-20-22-24-26-28-30-32-34-36-45(56)66-41(38-63-44(55)35-33-31-29-27-25-23-21-18-16-14-12-10-8-6-4-2)39-64-52-51(62)49(60)47(58)43(68-52)40-65-53-50(61)48(59)46(57)42(37-54)67-53/h22-25,28,30,41-43,46-54,57-62H,3-21,26-27,29,31-40H2,1-2H3/b24-22+,25-23+,30-28+/t41-,42+,43+,46-,47-,48?,49?,50?,51?,52+,53+/m1/s1. The Bertz CT molecular complexity index is 1330. The van der Waals surface area contributed by atoms with E-state index in [1.165, 1.54) is 109 Å². The van der Waals surface area contributed by atoms with E-state index in [1.54, 1.807) is 0 Å². The molecule has 0 aliphatic carbocycles. The van der Waals surface area contributed by atoms with Gasteiger partial charge in [-0.3, -0.25) is 9.59 Å². The molecular weight excluding hydrogens is 877 g/mol. The van der Waals surface area contributed by atoms with Gasteiger partial charge in [0.25, 0.3) is 0 Å². The fourth-order valence-corrected chi connectivity index (χ4v) is 8.19. The summed E-state index contributed by atoms with van der Waals surface area (Å²) in [5.74, 6) is -0.993. The third-order valence-electron chi connectivity index (χ3n) is 12.6. The Morgan fingerprint density at radius 3 is 1.43 bits per heavy atom. The first-order chi connectivity index (χ1) is 33.0. The zero-order chi connectivity index (χ0) is 49.6. The van der Waals surface area contributed by atoms with Crippen molar-refractivity contribution in [3.8, 4) is 0 Å². The van der Waals surface area contributed by atoms with Crippen LogP contribution in [0.25, 0.3) is 0 Å². The molecule has 2 saturated heterocycles. The molecule has 2 aliphatic heterocycles. The molecule has 0 radical (unpaired) electrons. The molecule has 396 valence electrons. The number of aliphatic hydroxyl groups excluding tert-OH is 7. The van der Waals surface area contributed by atoms with Crippen LogP contribution in [0.4, 0.5) is 0 Å². The molecule has 0 bridgehead atoms. The van der Waals surface area contributed by atoms with E-state index in [9.17, 15) is 45.3 Å². The summed E-state index contributed by atoms with van der Waals surface area (Å²) in [7, 11) is 0. The number of aliphatic hydroxyl groups is 7. The molecule has 11 atom stereocenters. The van der Waals surface area contributed by atoms with Crippen LogP contribution in [0.15, 0.2) is 36.5 Å². The van der Waals surface area contributed by atoms with Crippen molar-refractivity contribution in [1.82, 2.24) is 0 Å². The Morgan fingerprint density at radius 2 is 0.897 bits per heavy atom. The highest BCUT2D eigenvalue weighted by Gasteiger charge is 2.47. The molecule has 68 heavy (non-hydrogen) atoms. The highest BCUT2D eigenvalue weighted by atomic mass is 16.7. The van der Waals surface area contributed by atoms with Crippen molar-refractivity contribution in [3.05, 3.63) is 36.5 Å². The maximum absolute atomic E-state index is 13.0. The molecule has 2 fully saturated rings. The highest BCUT2D eigenvalue weighted by Crippen LogP contribution is 2.26. The van der Waals surface area contributed by atoms with Crippen LogP contribution in [0, 0.1) is 0 Å². The van der Waals surface area contributed by atoms with Gasteiger partial charge in [-0.05, 0) is 64.2 Å². The third-order valence-corrected chi connectivity index (χ3v) is 12.6. The molecule has 2 aliphatic rings. The van der Waals surface area contributed by atoms with Crippen LogP contribution in [0.2, 0.25) is 0 Å². The molecule has 7 N–H and O–H groups in total. The lowest BCUT2D eigenvalue weighted by atomic mass is 9.98. The van der Waals surface area contributed by atoms with Crippen molar-refractivity contribution in [2.24, 2.45) is 0 Å². The van der Waals surface area contributed by atoms with E-state index in [4.69, 9.17) is 28.4 Å². The van der Waals surface area contributed by atoms with E-state index in [1.807, 2.05) is 6.08 Å². The quantitative estimate of drug-likeness (QED) is 0.0177. The average molecular weight is 971 g/mol. The Kier molecular flexibility index (Phi) is 36.7. The Labute approximate surface area is 408 Å². The predicted molar refractivity (Wildman–Crippen MR) is 261 cm³/mol. The van der Waals surface area contributed by atoms with Crippen molar-refractivity contribution in [1.29, 1.82) is 0 Å². The van der Waals surface area contributed by atoms with E-state index in [-0.39, 0.29) is 19.4 Å². The minimum Gasteiger partial charge on any atom is -0.462 e. The minimum absolute atomic E-state index is 0.0988. The molecule has 0 aromatic rings. The van der Waals surface area contributed by atoms with Crippen LogP contribution < -0.4 is 0 Å². The van der Waals surface area contributed by atoms with Gasteiger partial charge in [-0.2, -0.15) is 0 Å². The highest BCUT2D eigenvalue weighted by molar-refractivity contribution is 5.70. The summed E-state index contributed by atoms with van der Waals surface area (Å²) in [5, 5.41) is 72.1. The van der Waals surface area contributed by atoms with Gasteiger partial charge in [0.05, 0.1) is 19.8 Å². The van der Waals surface area contributed by atoms with Gasteiger partial charge in [0.15, 0.2) is 18.7 Å². The summed E-state index contributed by atoms with van der Waals surface area (Å²) < 4.78 is 33.5. The lowest BCUT2D eigenvalue weighted by Gasteiger charge is -2.42. The second kappa shape index (κ2) is 40.3. The summed E-state index contributed by atoms with van der Waals surface area (Å²) in [5.41, 5.74) is 0. The molecule has 15 nitrogen and oxygen atoms in total. The van der Waals surface area contributed by atoms with Gasteiger partial charge in [-0.25, -0.2) is 0 Å². The average Bonchev–Trinajstić information content (AvgIpc) is 3.33. The van der Waals surface area contributed by atoms with E-state index < -0.39 is 99.3 Å². The summed E-state index contributed by atoms with van der Waals surface area (Å²) in [4.78, 5) is 25.7. The molecule has 2 heterocycles. The van der Waals surface area contributed by atoms with Gasteiger partial charge in [0.1, 0.15) is 55.4 Å². The third kappa shape index (κ3) is 27.9. The second-order valence-corrected chi connectivity index (χ2v) is 18.7. The zero-order valence-electron chi connectivity index (χ0n) is 41.8. The lowest BCUT2D eigenvalue weighted by molar-refractivity contribution is -0.332. The number of unbranched alkanes of at least 4 members (excludes halogenated alkanes) is 21. The molecule has 15 heteroatoms. The Balaban J connectivity index is 1.83. The number of carbonyl (C=O) groups excluding carboxylic acids is 2. The van der Waals surface area contributed by atoms with Crippen molar-refractivity contribution in [2.75, 3.05) is 26.4 Å². The van der Waals surface area contributed by atoms with Crippen LogP contribution in [-0.2, 0) is 38.0 Å². The summed E-state index contributed by atoms with van der Waals surface area (Å²) >= 11 is 0. The summed E-state index contributed by atoms with van der Waals surface area (Å²) in [6, 6.07) is 0. The first-order valence-corrected chi connectivity index (χ1v) is 26.6. The lowest BCUT2D eigenvalue weighted by Crippen LogP contribution is -2.61. The van der Waals surface area contributed by atoms with Gasteiger partial charge in [-0.1, -0.05) is 153 Å². The van der Waals surface area contributed by atoms with Crippen molar-refractivity contribution in [2.45, 2.75) is 261 Å². The monoisotopic (exact) mass is 971 g/mol. The molecule has 0 aromatic carbocycles. The molecule has 0 amide bonds. The van der Waals surface area contributed by atoms with Gasteiger partial charge in [-0.15, -0.1) is 0 Å². The number of esters is 2. The number of allylic oxidation sites excluding steroid dienone is 6. The predicted octanol–water partition coefficient (Wildman–Crippen LogP) is 7.71. The van der Waals surface area contributed by atoms with Crippen molar-refractivity contribution >= 4 is 11.9 Å². The van der Waals surface area contributed by atoms with E-state index in [0.717, 1.165) is 38.5 Å².